The Labute approximate surface area is 88.9 Å². The van der Waals surface area contributed by atoms with Crippen LogP contribution in [0.2, 0.25) is 0 Å². The van der Waals surface area contributed by atoms with Crippen LogP contribution in [0.4, 0.5) is 0 Å². The fourth-order valence-electron chi connectivity index (χ4n) is 1.13. The van der Waals surface area contributed by atoms with Gasteiger partial charge in [-0.05, 0) is 28.4 Å². The molecule has 0 aliphatic heterocycles. The fraction of sp³-hybridized carbons (Fsp3) is 0.250. The summed E-state index contributed by atoms with van der Waals surface area (Å²) in [5.74, 6) is 1.07. The van der Waals surface area contributed by atoms with Crippen molar-refractivity contribution in [1.29, 1.82) is 0 Å². The Morgan fingerprint density at radius 2 is 2.38 bits per heavy atom. The number of fused-ring (bicyclic) bond motifs is 1. The molecular weight excluding hydrogens is 253 g/mol. The Hall–Kier alpha value is -0.610. The quantitative estimate of drug-likeness (QED) is 0.738. The molecule has 0 fully saturated rings. The highest BCUT2D eigenvalue weighted by atomic mass is 79.9. The average Bonchev–Trinajstić information content (AvgIpc) is 2.44. The van der Waals surface area contributed by atoms with Gasteiger partial charge in [-0.1, -0.05) is 0 Å². The molecule has 13 heavy (non-hydrogen) atoms. The van der Waals surface area contributed by atoms with Gasteiger partial charge in [0.05, 0.1) is 11.6 Å². The van der Waals surface area contributed by atoms with Gasteiger partial charge in [-0.3, -0.25) is 4.40 Å². The third kappa shape index (κ3) is 1.44. The van der Waals surface area contributed by atoms with Crippen molar-refractivity contribution >= 4 is 33.3 Å². The second kappa shape index (κ2) is 3.27. The van der Waals surface area contributed by atoms with Gasteiger partial charge in [0, 0.05) is 12.4 Å². The molecule has 2 rings (SSSR count). The lowest BCUT2D eigenvalue weighted by molar-refractivity contribution is 1.06. The third-order valence-corrected chi connectivity index (χ3v) is 2.84. The first-order valence-corrected chi connectivity index (χ1v) is 5.10. The third-order valence-electron chi connectivity index (χ3n) is 1.74. The predicted molar refractivity (Wildman–Crippen MR) is 55.0 cm³/mol. The lowest BCUT2D eigenvalue weighted by atomic mass is 10.4. The number of aromatic nitrogens is 3. The van der Waals surface area contributed by atoms with Crippen LogP contribution in [-0.4, -0.2) is 14.4 Å². The summed E-state index contributed by atoms with van der Waals surface area (Å²) in [5, 5.41) is 0. The van der Waals surface area contributed by atoms with Crippen LogP contribution in [-0.2, 0) is 5.88 Å². The van der Waals surface area contributed by atoms with Crippen molar-refractivity contribution in [3.8, 4) is 0 Å². The van der Waals surface area contributed by atoms with Gasteiger partial charge in [0.15, 0.2) is 0 Å². The maximum atomic E-state index is 5.71. The van der Waals surface area contributed by atoms with Crippen LogP contribution in [0.25, 0.3) is 5.78 Å². The van der Waals surface area contributed by atoms with E-state index < -0.39 is 0 Å². The van der Waals surface area contributed by atoms with Gasteiger partial charge in [0.2, 0.25) is 5.78 Å². The van der Waals surface area contributed by atoms with Gasteiger partial charge in [-0.2, -0.15) is 0 Å². The number of aryl methyl sites for hydroxylation is 1. The van der Waals surface area contributed by atoms with E-state index in [2.05, 4.69) is 25.9 Å². The molecule has 2 heterocycles. The maximum absolute atomic E-state index is 5.71. The predicted octanol–water partition coefficient (Wildman–Crippen LogP) is 2.54. The first-order chi connectivity index (χ1) is 6.22. The minimum Gasteiger partial charge on any atom is -0.277 e. The number of rotatable bonds is 1. The Bertz CT molecular complexity index is 452. The first kappa shape index (κ1) is 8.97. The van der Waals surface area contributed by atoms with Gasteiger partial charge >= 0.3 is 0 Å². The van der Waals surface area contributed by atoms with E-state index in [1.165, 1.54) is 0 Å². The molecule has 0 amide bonds. The topological polar surface area (TPSA) is 30.2 Å². The molecule has 0 spiro atoms. The number of alkyl halides is 1. The van der Waals surface area contributed by atoms with E-state index in [1.807, 2.05) is 17.5 Å². The van der Waals surface area contributed by atoms with Crippen LogP contribution in [0.15, 0.2) is 17.0 Å². The van der Waals surface area contributed by atoms with Crippen LogP contribution in [0.3, 0.4) is 0 Å². The smallest absolute Gasteiger partial charge is 0.234 e. The summed E-state index contributed by atoms with van der Waals surface area (Å²) >= 11 is 9.13. The van der Waals surface area contributed by atoms with Crippen molar-refractivity contribution in [1.82, 2.24) is 14.4 Å². The van der Waals surface area contributed by atoms with Crippen molar-refractivity contribution in [3.63, 3.8) is 0 Å². The number of imidazole rings is 1. The first-order valence-electron chi connectivity index (χ1n) is 3.77. The SMILES string of the molecule is Cc1cnc2nc(CCl)c(Br)n2c1. The lowest BCUT2D eigenvalue weighted by Gasteiger charge is -1.95. The van der Waals surface area contributed by atoms with E-state index in [9.17, 15) is 0 Å². The van der Waals surface area contributed by atoms with Crippen LogP contribution < -0.4 is 0 Å². The van der Waals surface area contributed by atoms with Gasteiger partial charge in [-0.15, -0.1) is 11.6 Å². The van der Waals surface area contributed by atoms with E-state index in [0.29, 0.717) is 11.7 Å². The zero-order valence-corrected chi connectivity index (χ0v) is 9.30. The van der Waals surface area contributed by atoms with Crippen molar-refractivity contribution in [3.05, 3.63) is 28.3 Å². The van der Waals surface area contributed by atoms with Crippen molar-refractivity contribution in [2.45, 2.75) is 12.8 Å². The van der Waals surface area contributed by atoms with Gasteiger partial charge in [-0.25, -0.2) is 9.97 Å². The van der Waals surface area contributed by atoms with Gasteiger partial charge in [0.25, 0.3) is 0 Å². The molecule has 0 aromatic carbocycles. The van der Waals surface area contributed by atoms with Gasteiger partial charge in [0.1, 0.15) is 4.60 Å². The Morgan fingerprint density at radius 1 is 1.62 bits per heavy atom. The van der Waals surface area contributed by atoms with Gasteiger partial charge < -0.3 is 0 Å². The molecule has 0 bridgehead atoms. The van der Waals surface area contributed by atoms with Crippen molar-refractivity contribution in [2.24, 2.45) is 0 Å². The fourth-order valence-corrected chi connectivity index (χ4v) is 1.97. The zero-order valence-electron chi connectivity index (χ0n) is 6.96. The molecular formula is C8H7BrClN3. The second-order valence-corrected chi connectivity index (χ2v) is 3.80. The number of halogens is 2. The number of hydrogen-bond donors (Lipinski definition) is 0. The monoisotopic (exact) mass is 259 g/mol. The Morgan fingerprint density at radius 3 is 3.08 bits per heavy atom. The molecule has 0 radical (unpaired) electrons. The van der Waals surface area contributed by atoms with Crippen LogP contribution in [0.5, 0.6) is 0 Å². The summed E-state index contributed by atoms with van der Waals surface area (Å²) in [7, 11) is 0. The molecule has 0 saturated carbocycles. The summed E-state index contributed by atoms with van der Waals surface area (Å²) in [6.45, 7) is 1.99. The molecule has 0 unspecified atom stereocenters. The maximum Gasteiger partial charge on any atom is 0.234 e. The minimum absolute atomic E-state index is 0.392. The highest BCUT2D eigenvalue weighted by Crippen LogP contribution is 2.19. The molecule has 0 saturated heterocycles. The molecule has 2 aromatic heterocycles. The lowest BCUT2D eigenvalue weighted by Crippen LogP contribution is -1.89. The molecule has 5 heteroatoms. The second-order valence-electron chi connectivity index (χ2n) is 2.78. The largest absolute Gasteiger partial charge is 0.277 e. The number of hydrogen-bond acceptors (Lipinski definition) is 2. The summed E-state index contributed by atoms with van der Waals surface area (Å²) in [6.07, 6.45) is 3.75. The highest BCUT2D eigenvalue weighted by Gasteiger charge is 2.08. The van der Waals surface area contributed by atoms with E-state index >= 15 is 0 Å². The molecule has 3 nitrogen and oxygen atoms in total. The molecule has 2 aromatic rings. The molecule has 0 atom stereocenters. The van der Waals surface area contributed by atoms with Crippen LogP contribution in [0.1, 0.15) is 11.3 Å². The molecule has 0 aliphatic rings. The van der Waals surface area contributed by atoms with Crippen molar-refractivity contribution in [2.75, 3.05) is 0 Å². The summed E-state index contributed by atoms with van der Waals surface area (Å²) < 4.78 is 2.77. The van der Waals surface area contributed by atoms with Crippen molar-refractivity contribution < 1.29 is 0 Å². The van der Waals surface area contributed by atoms with E-state index in [1.54, 1.807) is 6.20 Å². The summed E-state index contributed by atoms with van der Waals surface area (Å²) in [5.41, 5.74) is 1.91. The summed E-state index contributed by atoms with van der Waals surface area (Å²) in [4.78, 5) is 8.42. The van der Waals surface area contributed by atoms with E-state index in [4.69, 9.17) is 11.6 Å². The minimum atomic E-state index is 0.392. The molecule has 0 aliphatic carbocycles. The zero-order chi connectivity index (χ0) is 9.42. The number of nitrogens with zero attached hydrogens (tertiary/aromatic N) is 3. The van der Waals surface area contributed by atoms with Crippen LogP contribution in [0, 0.1) is 6.92 Å². The standard InChI is InChI=1S/C8H7BrClN3/c1-5-3-11-8-12-6(2-10)7(9)13(8)4-5/h3-4H,2H2,1H3. The van der Waals surface area contributed by atoms with E-state index in [-0.39, 0.29) is 0 Å². The molecule has 0 N–H and O–H groups in total. The highest BCUT2D eigenvalue weighted by molar-refractivity contribution is 9.10. The van der Waals surface area contributed by atoms with Crippen LogP contribution >= 0.6 is 27.5 Å². The normalized spacial score (nSPS) is 11.0. The Kier molecular flexibility index (Phi) is 2.26. The average molecular weight is 261 g/mol. The van der Waals surface area contributed by atoms with E-state index in [0.717, 1.165) is 15.9 Å². The Balaban J connectivity index is 2.77. The summed E-state index contributed by atoms with van der Waals surface area (Å²) in [6, 6.07) is 0. The molecule has 68 valence electrons.